The minimum absolute atomic E-state index is 0.0339. The van der Waals surface area contributed by atoms with Crippen LogP contribution < -0.4 is 5.32 Å². The minimum atomic E-state index is 0.0339. The molecular weight excluding hydrogens is 364 g/mol. The monoisotopic (exact) mass is 390 g/mol. The predicted octanol–water partition coefficient (Wildman–Crippen LogP) is 3.37. The van der Waals surface area contributed by atoms with Gasteiger partial charge in [0.2, 0.25) is 17.7 Å². The van der Waals surface area contributed by atoms with E-state index in [1.54, 1.807) is 0 Å². The molecule has 2 heterocycles. The van der Waals surface area contributed by atoms with Gasteiger partial charge in [-0.25, -0.2) is 0 Å². The number of nitrogens with one attached hydrogen (secondary N) is 1. The van der Waals surface area contributed by atoms with Crippen LogP contribution in [0.5, 0.6) is 0 Å². The first-order valence-electron chi connectivity index (χ1n) is 10.1. The van der Waals surface area contributed by atoms with E-state index in [1.165, 1.54) is 11.1 Å². The van der Waals surface area contributed by atoms with Gasteiger partial charge in [-0.15, -0.1) is 10.2 Å². The van der Waals surface area contributed by atoms with Crippen molar-refractivity contribution < 1.29 is 9.21 Å². The maximum absolute atomic E-state index is 12.3. The number of likely N-dealkylation sites (tertiary alicyclic amines) is 1. The summed E-state index contributed by atoms with van der Waals surface area (Å²) in [6, 6.07) is 18.6. The zero-order valence-corrected chi connectivity index (χ0v) is 16.7. The number of rotatable bonds is 7. The number of amides is 1. The Morgan fingerprint density at radius 1 is 1.14 bits per heavy atom. The molecule has 1 aromatic heterocycles. The van der Waals surface area contributed by atoms with Crippen LogP contribution in [0.15, 0.2) is 59.0 Å². The van der Waals surface area contributed by atoms with Crippen molar-refractivity contribution in [1.82, 2.24) is 20.4 Å². The van der Waals surface area contributed by atoms with Gasteiger partial charge in [0.15, 0.2) is 0 Å². The fourth-order valence-electron chi connectivity index (χ4n) is 3.62. The Bertz CT molecular complexity index is 937. The second kappa shape index (κ2) is 9.01. The molecule has 1 N–H and O–H groups in total. The first kappa shape index (κ1) is 19.3. The second-order valence-corrected chi connectivity index (χ2v) is 7.64. The average Bonchev–Trinajstić information content (AvgIpc) is 3.37. The van der Waals surface area contributed by atoms with E-state index < -0.39 is 0 Å². The van der Waals surface area contributed by atoms with Gasteiger partial charge in [0.1, 0.15) is 0 Å². The van der Waals surface area contributed by atoms with Gasteiger partial charge in [0.05, 0.1) is 0 Å². The van der Waals surface area contributed by atoms with Crippen molar-refractivity contribution in [2.45, 2.75) is 38.8 Å². The van der Waals surface area contributed by atoms with E-state index in [2.05, 4.69) is 44.7 Å². The number of aromatic nitrogens is 2. The Labute approximate surface area is 170 Å². The summed E-state index contributed by atoms with van der Waals surface area (Å²) in [6.45, 7) is 4.85. The standard InChI is InChI=1S/C23H26N4O2/c1-17-7-9-19(10-8-17)23-26-25-22(29-23)12-11-21(28)24-20-13-14-27(16-20)15-18-5-3-2-4-6-18/h2-10,20H,11-16H2,1H3,(H,24,28)/t20-/m1/s1. The zero-order chi connectivity index (χ0) is 20.1. The number of carbonyl (C=O) groups is 1. The average molecular weight is 390 g/mol. The third-order valence-electron chi connectivity index (χ3n) is 5.22. The highest BCUT2D eigenvalue weighted by atomic mass is 16.4. The summed E-state index contributed by atoms with van der Waals surface area (Å²) in [7, 11) is 0. The van der Waals surface area contributed by atoms with Crippen LogP contribution in [0.25, 0.3) is 11.5 Å². The van der Waals surface area contributed by atoms with Crippen molar-refractivity contribution in [2.75, 3.05) is 13.1 Å². The molecule has 0 bridgehead atoms. The highest BCUT2D eigenvalue weighted by Crippen LogP contribution is 2.19. The van der Waals surface area contributed by atoms with Gasteiger partial charge in [-0.2, -0.15) is 0 Å². The van der Waals surface area contributed by atoms with Crippen LogP contribution in [0.4, 0.5) is 0 Å². The molecule has 0 spiro atoms. The summed E-state index contributed by atoms with van der Waals surface area (Å²) in [6.07, 6.45) is 1.78. The first-order valence-corrected chi connectivity index (χ1v) is 10.1. The van der Waals surface area contributed by atoms with Crippen molar-refractivity contribution in [3.05, 3.63) is 71.6 Å². The van der Waals surface area contributed by atoms with E-state index in [-0.39, 0.29) is 11.9 Å². The van der Waals surface area contributed by atoms with Gasteiger partial charge in [-0.05, 0) is 31.0 Å². The number of nitrogens with zero attached hydrogens (tertiary/aromatic N) is 3. The van der Waals surface area contributed by atoms with Crippen molar-refractivity contribution >= 4 is 5.91 Å². The maximum Gasteiger partial charge on any atom is 0.247 e. The normalized spacial score (nSPS) is 16.8. The van der Waals surface area contributed by atoms with E-state index in [0.29, 0.717) is 24.6 Å². The van der Waals surface area contributed by atoms with E-state index in [0.717, 1.165) is 31.6 Å². The third kappa shape index (κ3) is 5.29. The van der Waals surface area contributed by atoms with Gasteiger partial charge in [-0.3, -0.25) is 9.69 Å². The molecule has 29 heavy (non-hydrogen) atoms. The molecule has 0 aliphatic carbocycles. The van der Waals surface area contributed by atoms with E-state index >= 15 is 0 Å². The van der Waals surface area contributed by atoms with Gasteiger partial charge in [-0.1, -0.05) is 48.0 Å². The summed E-state index contributed by atoms with van der Waals surface area (Å²) in [5.74, 6) is 1.02. The smallest absolute Gasteiger partial charge is 0.247 e. The largest absolute Gasteiger partial charge is 0.421 e. The van der Waals surface area contributed by atoms with Gasteiger partial charge >= 0.3 is 0 Å². The lowest BCUT2D eigenvalue weighted by atomic mass is 10.1. The molecule has 1 aliphatic rings. The SMILES string of the molecule is Cc1ccc(-c2nnc(CCC(=O)N[C@@H]3CCN(Cc4ccccc4)C3)o2)cc1. The molecule has 3 aromatic rings. The Kier molecular flexibility index (Phi) is 6.00. The Morgan fingerprint density at radius 2 is 1.93 bits per heavy atom. The molecule has 4 rings (SSSR count). The van der Waals surface area contributed by atoms with Crippen LogP contribution in [0, 0.1) is 6.92 Å². The summed E-state index contributed by atoms with van der Waals surface area (Å²) in [5.41, 5.74) is 3.38. The van der Waals surface area contributed by atoms with Crippen LogP contribution in [-0.2, 0) is 17.8 Å². The summed E-state index contributed by atoms with van der Waals surface area (Å²) in [5, 5.41) is 11.3. The molecule has 150 valence electrons. The molecule has 2 aromatic carbocycles. The molecule has 0 radical (unpaired) electrons. The Morgan fingerprint density at radius 3 is 2.72 bits per heavy atom. The maximum atomic E-state index is 12.3. The fourth-order valence-corrected chi connectivity index (χ4v) is 3.62. The molecule has 0 unspecified atom stereocenters. The molecular formula is C23H26N4O2. The predicted molar refractivity (Wildman–Crippen MR) is 111 cm³/mol. The van der Waals surface area contributed by atoms with E-state index in [4.69, 9.17) is 4.42 Å². The van der Waals surface area contributed by atoms with Gasteiger partial charge in [0, 0.05) is 44.1 Å². The first-order chi connectivity index (χ1) is 14.2. The molecule has 1 amide bonds. The lowest BCUT2D eigenvalue weighted by molar-refractivity contribution is -0.121. The lowest BCUT2D eigenvalue weighted by Crippen LogP contribution is -2.37. The molecule has 1 fully saturated rings. The third-order valence-corrected chi connectivity index (χ3v) is 5.22. The molecule has 6 heteroatoms. The molecule has 1 atom stereocenters. The minimum Gasteiger partial charge on any atom is -0.421 e. The number of aryl methyl sites for hydroxylation is 2. The Hall–Kier alpha value is -2.99. The second-order valence-electron chi connectivity index (χ2n) is 7.64. The lowest BCUT2D eigenvalue weighted by Gasteiger charge is -2.16. The molecule has 1 saturated heterocycles. The number of benzene rings is 2. The Balaban J connectivity index is 1.22. The van der Waals surface area contributed by atoms with Crippen LogP contribution in [0.3, 0.4) is 0 Å². The molecule has 6 nitrogen and oxygen atoms in total. The van der Waals surface area contributed by atoms with Crippen molar-refractivity contribution in [3.8, 4) is 11.5 Å². The van der Waals surface area contributed by atoms with Crippen LogP contribution in [-0.4, -0.2) is 40.1 Å². The number of carbonyl (C=O) groups excluding carboxylic acids is 1. The van der Waals surface area contributed by atoms with Crippen molar-refractivity contribution in [2.24, 2.45) is 0 Å². The topological polar surface area (TPSA) is 71.3 Å². The zero-order valence-electron chi connectivity index (χ0n) is 16.7. The highest BCUT2D eigenvalue weighted by Gasteiger charge is 2.23. The van der Waals surface area contributed by atoms with Crippen LogP contribution in [0.2, 0.25) is 0 Å². The van der Waals surface area contributed by atoms with Crippen LogP contribution in [0.1, 0.15) is 29.9 Å². The summed E-state index contributed by atoms with van der Waals surface area (Å²) in [4.78, 5) is 14.7. The van der Waals surface area contributed by atoms with Gasteiger partial charge in [0.25, 0.3) is 0 Å². The molecule has 1 aliphatic heterocycles. The highest BCUT2D eigenvalue weighted by molar-refractivity contribution is 5.76. The number of hydrogen-bond acceptors (Lipinski definition) is 5. The van der Waals surface area contributed by atoms with E-state index in [1.807, 2.05) is 37.3 Å². The van der Waals surface area contributed by atoms with Gasteiger partial charge < -0.3 is 9.73 Å². The fraction of sp³-hybridized carbons (Fsp3) is 0.348. The molecule has 0 saturated carbocycles. The quantitative estimate of drug-likeness (QED) is 0.670. The summed E-state index contributed by atoms with van der Waals surface area (Å²) >= 11 is 0. The van der Waals surface area contributed by atoms with Crippen LogP contribution >= 0.6 is 0 Å². The summed E-state index contributed by atoms with van der Waals surface area (Å²) < 4.78 is 5.70. The van der Waals surface area contributed by atoms with Crippen molar-refractivity contribution in [3.63, 3.8) is 0 Å². The van der Waals surface area contributed by atoms with E-state index in [9.17, 15) is 4.79 Å². The number of hydrogen-bond donors (Lipinski definition) is 1. The van der Waals surface area contributed by atoms with Crippen molar-refractivity contribution in [1.29, 1.82) is 0 Å².